The van der Waals surface area contributed by atoms with Crippen LogP contribution in [-0.4, -0.2) is 68.1 Å². The fourth-order valence-electron chi connectivity index (χ4n) is 6.44. The summed E-state index contributed by atoms with van der Waals surface area (Å²) in [5.41, 5.74) is 2.41. The quantitative estimate of drug-likeness (QED) is 0.273. The fourth-order valence-corrected chi connectivity index (χ4v) is 6.44. The summed E-state index contributed by atoms with van der Waals surface area (Å²) in [4.78, 5) is 43.1. The van der Waals surface area contributed by atoms with Crippen molar-refractivity contribution in [2.45, 2.75) is 51.9 Å². The maximum atomic E-state index is 14.3. The molecule has 41 heavy (non-hydrogen) atoms. The zero-order valence-electron chi connectivity index (χ0n) is 23.4. The molecule has 0 bridgehead atoms. The molecule has 1 fully saturated rings. The van der Waals surface area contributed by atoms with Gasteiger partial charge >= 0.3 is 5.97 Å². The lowest BCUT2D eigenvalue weighted by molar-refractivity contribution is -0.156. The standard InChI is InChI=1S/C31H37N5O5/c1-3-10-21-15-16-23-27(26(21)31(40)41-4-2)30(39)36(22(18-37)17-20-11-6-5-7-12-20)28(23)29(38)32-19-35-25-14-9-8-13-24(25)33-34-35/h5-9,11-16,21-23,26-28,37H,3-4,10,17-19H2,1-2H3,(H,32,38)/t21-,22-,23+,26-,27+,28+/m1/s1. The van der Waals surface area contributed by atoms with Gasteiger partial charge < -0.3 is 20.1 Å². The fraction of sp³-hybridized carbons (Fsp3) is 0.452. The van der Waals surface area contributed by atoms with Crippen LogP contribution in [0.1, 0.15) is 32.3 Å². The Hall–Kier alpha value is -4.05. The van der Waals surface area contributed by atoms with Crippen molar-refractivity contribution in [2.75, 3.05) is 13.2 Å². The second-order valence-corrected chi connectivity index (χ2v) is 10.7. The van der Waals surface area contributed by atoms with Crippen molar-refractivity contribution >= 4 is 28.8 Å². The van der Waals surface area contributed by atoms with Gasteiger partial charge in [0.05, 0.1) is 36.6 Å². The minimum absolute atomic E-state index is 0.0568. The average Bonchev–Trinajstić information content (AvgIpc) is 3.54. The number of fused-ring (bicyclic) bond motifs is 2. The van der Waals surface area contributed by atoms with Gasteiger partial charge in [0.25, 0.3) is 0 Å². The van der Waals surface area contributed by atoms with Crippen LogP contribution in [0.15, 0.2) is 66.7 Å². The summed E-state index contributed by atoms with van der Waals surface area (Å²) in [6.07, 6.45) is 5.82. The number of esters is 1. The number of aromatic nitrogens is 3. The Labute approximate surface area is 239 Å². The highest BCUT2D eigenvalue weighted by atomic mass is 16.5. The van der Waals surface area contributed by atoms with Crippen LogP contribution in [0.25, 0.3) is 11.0 Å². The number of allylic oxidation sites excluding steroid dienone is 1. The van der Waals surface area contributed by atoms with E-state index in [9.17, 15) is 19.5 Å². The van der Waals surface area contributed by atoms with E-state index in [0.29, 0.717) is 11.9 Å². The van der Waals surface area contributed by atoms with E-state index >= 15 is 0 Å². The Morgan fingerprint density at radius 3 is 2.56 bits per heavy atom. The smallest absolute Gasteiger partial charge is 0.310 e. The summed E-state index contributed by atoms with van der Waals surface area (Å²) in [5.74, 6) is -3.29. The average molecular weight is 560 g/mol. The molecule has 2 aromatic carbocycles. The molecule has 1 aliphatic carbocycles. The lowest BCUT2D eigenvalue weighted by atomic mass is 9.69. The lowest BCUT2D eigenvalue weighted by Crippen LogP contribution is -2.53. The number of carbonyl (C=O) groups excluding carboxylic acids is 3. The van der Waals surface area contributed by atoms with Crippen LogP contribution in [0.5, 0.6) is 0 Å². The SMILES string of the molecule is CCC[C@@H]1C=C[C@H]2[C@H](C(=O)N([C@@H](CO)Cc3ccccc3)[C@@H]2C(=O)NCn2nnc3ccccc32)[C@@H]1C(=O)OCC. The molecule has 216 valence electrons. The Bertz CT molecular complexity index is 1410. The predicted molar refractivity (Wildman–Crippen MR) is 152 cm³/mol. The second kappa shape index (κ2) is 12.6. The minimum atomic E-state index is -0.918. The molecule has 2 heterocycles. The number of nitrogens with one attached hydrogen (secondary N) is 1. The number of aliphatic hydroxyl groups excluding tert-OH is 1. The van der Waals surface area contributed by atoms with Gasteiger partial charge in [0, 0.05) is 5.92 Å². The molecule has 0 unspecified atom stereocenters. The van der Waals surface area contributed by atoms with Gasteiger partial charge in [-0.3, -0.25) is 14.4 Å². The Kier molecular flexibility index (Phi) is 8.78. The van der Waals surface area contributed by atoms with Crippen LogP contribution in [-0.2, 0) is 32.2 Å². The Morgan fingerprint density at radius 1 is 1.07 bits per heavy atom. The van der Waals surface area contributed by atoms with E-state index in [1.54, 1.807) is 11.6 Å². The molecule has 5 rings (SSSR count). The van der Waals surface area contributed by atoms with Gasteiger partial charge in [-0.25, -0.2) is 4.68 Å². The molecular formula is C31H37N5O5. The van der Waals surface area contributed by atoms with Crippen molar-refractivity contribution in [2.24, 2.45) is 23.7 Å². The second-order valence-electron chi connectivity index (χ2n) is 10.7. The number of amides is 2. The van der Waals surface area contributed by atoms with Crippen molar-refractivity contribution in [1.29, 1.82) is 0 Å². The summed E-state index contributed by atoms with van der Waals surface area (Å²) in [6, 6.07) is 15.4. The number of carbonyl (C=O) groups is 3. The van der Waals surface area contributed by atoms with Gasteiger partial charge in [-0.1, -0.05) is 73.2 Å². The van der Waals surface area contributed by atoms with Crippen molar-refractivity contribution in [3.05, 3.63) is 72.3 Å². The maximum Gasteiger partial charge on any atom is 0.310 e. The molecule has 3 aromatic rings. The highest BCUT2D eigenvalue weighted by molar-refractivity contribution is 5.96. The van der Waals surface area contributed by atoms with Crippen LogP contribution in [0.4, 0.5) is 0 Å². The molecule has 6 atom stereocenters. The zero-order chi connectivity index (χ0) is 28.9. The van der Waals surface area contributed by atoms with E-state index in [2.05, 4.69) is 15.6 Å². The molecule has 1 saturated heterocycles. The molecule has 1 aromatic heterocycles. The molecule has 0 saturated carbocycles. The van der Waals surface area contributed by atoms with Crippen LogP contribution >= 0.6 is 0 Å². The molecule has 2 amide bonds. The molecule has 10 nitrogen and oxygen atoms in total. The zero-order valence-corrected chi connectivity index (χ0v) is 23.4. The van der Waals surface area contributed by atoms with E-state index in [1.807, 2.05) is 73.7 Å². The molecule has 1 aliphatic heterocycles. The number of likely N-dealkylation sites (tertiary alicyclic amines) is 1. The first kappa shape index (κ1) is 28.5. The van der Waals surface area contributed by atoms with Crippen molar-refractivity contribution < 1.29 is 24.2 Å². The number of rotatable bonds is 11. The third kappa shape index (κ3) is 5.61. The first-order valence-electron chi connectivity index (χ1n) is 14.4. The van der Waals surface area contributed by atoms with Crippen molar-refractivity contribution in [1.82, 2.24) is 25.2 Å². The molecular weight excluding hydrogens is 522 g/mol. The van der Waals surface area contributed by atoms with Gasteiger partial charge in [-0.2, -0.15) is 0 Å². The normalized spacial score (nSPS) is 24.3. The molecule has 10 heteroatoms. The number of nitrogens with zero attached hydrogens (tertiary/aromatic N) is 4. The van der Waals surface area contributed by atoms with Gasteiger partial charge in [-0.05, 0) is 43.4 Å². The highest BCUT2D eigenvalue weighted by Gasteiger charge is 2.58. The summed E-state index contributed by atoms with van der Waals surface area (Å²) >= 11 is 0. The summed E-state index contributed by atoms with van der Waals surface area (Å²) < 4.78 is 7.05. The number of para-hydroxylation sites is 1. The lowest BCUT2D eigenvalue weighted by Gasteiger charge is -2.34. The van der Waals surface area contributed by atoms with E-state index < -0.39 is 35.8 Å². The monoisotopic (exact) mass is 559 g/mol. The van der Waals surface area contributed by atoms with E-state index in [4.69, 9.17) is 4.74 Å². The van der Waals surface area contributed by atoms with Gasteiger partial charge in [0.15, 0.2) is 0 Å². The van der Waals surface area contributed by atoms with Crippen LogP contribution in [0, 0.1) is 23.7 Å². The topological polar surface area (TPSA) is 127 Å². The van der Waals surface area contributed by atoms with E-state index in [-0.39, 0.29) is 37.6 Å². The molecule has 2 N–H and O–H groups in total. The third-order valence-corrected chi connectivity index (χ3v) is 8.24. The van der Waals surface area contributed by atoms with E-state index in [0.717, 1.165) is 23.9 Å². The van der Waals surface area contributed by atoms with Crippen LogP contribution in [0.3, 0.4) is 0 Å². The Balaban J connectivity index is 1.49. The highest BCUT2D eigenvalue weighted by Crippen LogP contribution is 2.46. The van der Waals surface area contributed by atoms with Crippen molar-refractivity contribution in [3.8, 4) is 0 Å². The number of ether oxygens (including phenoxy) is 1. The first-order chi connectivity index (χ1) is 20.0. The summed E-state index contributed by atoms with van der Waals surface area (Å²) in [6.45, 7) is 3.72. The number of aliphatic hydroxyl groups is 1. The van der Waals surface area contributed by atoms with Gasteiger partial charge in [-0.15, -0.1) is 5.10 Å². The van der Waals surface area contributed by atoms with Crippen LogP contribution < -0.4 is 5.32 Å². The summed E-state index contributed by atoms with van der Waals surface area (Å²) in [7, 11) is 0. The first-order valence-corrected chi connectivity index (χ1v) is 14.4. The number of hydrogen-bond acceptors (Lipinski definition) is 7. The minimum Gasteiger partial charge on any atom is -0.466 e. The maximum absolute atomic E-state index is 14.3. The third-order valence-electron chi connectivity index (χ3n) is 8.24. The molecule has 0 radical (unpaired) electrons. The van der Waals surface area contributed by atoms with Crippen LogP contribution in [0.2, 0.25) is 0 Å². The van der Waals surface area contributed by atoms with Crippen molar-refractivity contribution in [3.63, 3.8) is 0 Å². The summed E-state index contributed by atoms with van der Waals surface area (Å²) in [5, 5.41) is 21.8. The largest absolute Gasteiger partial charge is 0.466 e. The molecule has 2 aliphatic rings. The van der Waals surface area contributed by atoms with E-state index in [1.165, 1.54) is 4.90 Å². The van der Waals surface area contributed by atoms with Gasteiger partial charge in [0.2, 0.25) is 11.8 Å². The van der Waals surface area contributed by atoms with Gasteiger partial charge in [0.1, 0.15) is 18.2 Å². The molecule has 0 spiro atoms. The Morgan fingerprint density at radius 2 is 1.83 bits per heavy atom. The predicted octanol–water partition coefficient (Wildman–Crippen LogP) is 2.72. The number of benzene rings is 2. The number of hydrogen-bond donors (Lipinski definition) is 2.